The Kier molecular flexibility index (Phi) is 6.31. The van der Waals surface area contributed by atoms with Gasteiger partial charge in [-0.15, -0.1) is 0 Å². The number of ether oxygens (including phenoxy) is 1. The van der Waals surface area contributed by atoms with Crippen LogP contribution in [0.3, 0.4) is 0 Å². The fourth-order valence-corrected chi connectivity index (χ4v) is 4.19. The summed E-state index contributed by atoms with van der Waals surface area (Å²) in [6, 6.07) is 12.7. The summed E-state index contributed by atoms with van der Waals surface area (Å²) in [5.41, 5.74) is 1.22. The van der Waals surface area contributed by atoms with Crippen LogP contribution in [-0.2, 0) is 4.74 Å². The highest BCUT2D eigenvalue weighted by Crippen LogP contribution is 2.35. The summed E-state index contributed by atoms with van der Waals surface area (Å²) < 4.78 is 5.26. The van der Waals surface area contributed by atoms with E-state index in [2.05, 4.69) is 45.9 Å². The SMILES string of the molecule is COCCN1C2CCC1CC(NCCCNc1ccccc1)C2. The van der Waals surface area contributed by atoms with Gasteiger partial charge < -0.3 is 15.4 Å². The molecule has 23 heavy (non-hydrogen) atoms. The van der Waals surface area contributed by atoms with Gasteiger partial charge in [0, 0.05) is 44.0 Å². The first-order valence-electron chi connectivity index (χ1n) is 9.14. The lowest BCUT2D eigenvalue weighted by atomic mass is 9.97. The number of fused-ring (bicyclic) bond motifs is 2. The third-order valence-electron chi connectivity index (χ3n) is 5.33. The fourth-order valence-electron chi connectivity index (χ4n) is 4.19. The third kappa shape index (κ3) is 4.69. The highest BCUT2D eigenvalue weighted by atomic mass is 16.5. The Bertz CT molecular complexity index is 439. The van der Waals surface area contributed by atoms with Crippen LogP contribution >= 0.6 is 0 Å². The number of methoxy groups -OCH3 is 1. The lowest BCUT2D eigenvalue weighted by molar-refractivity contribution is 0.0778. The molecule has 0 saturated carbocycles. The Morgan fingerprint density at radius 1 is 1.09 bits per heavy atom. The number of hydrogen-bond acceptors (Lipinski definition) is 4. The molecule has 2 N–H and O–H groups in total. The molecule has 1 aromatic rings. The number of piperidine rings is 1. The van der Waals surface area contributed by atoms with Crippen LogP contribution in [0, 0.1) is 0 Å². The number of hydrogen-bond donors (Lipinski definition) is 2. The van der Waals surface area contributed by atoms with Crippen LogP contribution in [0.4, 0.5) is 5.69 Å². The molecule has 0 aromatic heterocycles. The van der Waals surface area contributed by atoms with E-state index in [1.807, 2.05) is 0 Å². The minimum Gasteiger partial charge on any atom is -0.385 e. The minimum atomic E-state index is 0.711. The molecular formula is C19H31N3O. The number of para-hydroxylation sites is 1. The first-order chi connectivity index (χ1) is 11.4. The van der Waals surface area contributed by atoms with Gasteiger partial charge in [0.25, 0.3) is 0 Å². The van der Waals surface area contributed by atoms with Crippen molar-refractivity contribution in [1.29, 1.82) is 0 Å². The highest BCUT2D eigenvalue weighted by molar-refractivity contribution is 5.42. The number of benzene rings is 1. The molecular weight excluding hydrogens is 286 g/mol. The lowest BCUT2D eigenvalue weighted by Crippen LogP contribution is -2.50. The van der Waals surface area contributed by atoms with Crippen LogP contribution in [0.1, 0.15) is 32.1 Å². The molecule has 4 nitrogen and oxygen atoms in total. The summed E-state index contributed by atoms with van der Waals surface area (Å²) in [4.78, 5) is 2.69. The number of anilines is 1. The quantitative estimate of drug-likeness (QED) is 0.687. The van der Waals surface area contributed by atoms with Crippen LogP contribution in [0.5, 0.6) is 0 Å². The maximum Gasteiger partial charge on any atom is 0.0589 e. The maximum atomic E-state index is 5.26. The molecule has 2 bridgehead atoms. The summed E-state index contributed by atoms with van der Waals surface area (Å²) in [6.45, 7) is 4.13. The largest absolute Gasteiger partial charge is 0.385 e. The van der Waals surface area contributed by atoms with Crippen molar-refractivity contribution in [3.63, 3.8) is 0 Å². The second-order valence-electron chi connectivity index (χ2n) is 6.88. The van der Waals surface area contributed by atoms with Crippen molar-refractivity contribution in [3.05, 3.63) is 30.3 Å². The van der Waals surface area contributed by atoms with Gasteiger partial charge in [0.15, 0.2) is 0 Å². The van der Waals surface area contributed by atoms with E-state index < -0.39 is 0 Å². The van der Waals surface area contributed by atoms with E-state index >= 15 is 0 Å². The maximum absolute atomic E-state index is 5.26. The van der Waals surface area contributed by atoms with E-state index in [-0.39, 0.29) is 0 Å². The normalized spacial score (nSPS) is 27.3. The molecule has 2 saturated heterocycles. The Labute approximate surface area is 140 Å². The van der Waals surface area contributed by atoms with E-state index in [1.165, 1.54) is 37.8 Å². The smallest absolute Gasteiger partial charge is 0.0589 e. The van der Waals surface area contributed by atoms with Gasteiger partial charge in [-0.1, -0.05) is 18.2 Å². The number of rotatable bonds is 9. The topological polar surface area (TPSA) is 36.5 Å². The van der Waals surface area contributed by atoms with Gasteiger partial charge in [-0.3, -0.25) is 4.90 Å². The summed E-state index contributed by atoms with van der Waals surface area (Å²) in [5, 5.41) is 7.27. The zero-order chi connectivity index (χ0) is 15.9. The number of nitrogens with zero attached hydrogens (tertiary/aromatic N) is 1. The monoisotopic (exact) mass is 317 g/mol. The fraction of sp³-hybridized carbons (Fsp3) is 0.684. The summed E-state index contributed by atoms with van der Waals surface area (Å²) >= 11 is 0. The molecule has 2 heterocycles. The molecule has 0 amide bonds. The van der Waals surface area contributed by atoms with Crippen molar-refractivity contribution in [2.24, 2.45) is 0 Å². The van der Waals surface area contributed by atoms with E-state index in [0.717, 1.165) is 38.3 Å². The average Bonchev–Trinajstić information content (AvgIpc) is 2.82. The van der Waals surface area contributed by atoms with Gasteiger partial charge in [0.2, 0.25) is 0 Å². The zero-order valence-electron chi connectivity index (χ0n) is 14.3. The molecule has 128 valence electrons. The highest BCUT2D eigenvalue weighted by Gasteiger charge is 2.39. The lowest BCUT2D eigenvalue weighted by Gasteiger charge is -2.39. The van der Waals surface area contributed by atoms with Crippen LogP contribution in [0.15, 0.2) is 30.3 Å². The number of nitrogens with one attached hydrogen (secondary N) is 2. The van der Waals surface area contributed by atoms with Crippen molar-refractivity contribution in [1.82, 2.24) is 10.2 Å². The molecule has 3 rings (SSSR count). The molecule has 1 aromatic carbocycles. The minimum absolute atomic E-state index is 0.711. The van der Waals surface area contributed by atoms with Crippen LogP contribution in [-0.4, -0.2) is 56.4 Å². The Hall–Kier alpha value is -1.10. The van der Waals surface area contributed by atoms with Crippen LogP contribution in [0.2, 0.25) is 0 Å². The third-order valence-corrected chi connectivity index (χ3v) is 5.33. The van der Waals surface area contributed by atoms with Gasteiger partial charge >= 0.3 is 0 Å². The van der Waals surface area contributed by atoms with Crippen LogP contribution < -0.4 is 10.6 Å². The van der Waals surface area contributed by atoms with E-state index in [0.29, 0.717) is 6.04 Å². The Balaban J connectivity index is 1.31. The molecule has 0 spiro atoms. The summed E-state index contributed by atoms with van der Waals surface area (Å²) in [6.07, 6.45) is 6.55. The molecule has 2 fully saturated rings. The van der Waals surface area contributed by atoms with Crippen LogP contribution in [0.25, 0.3) is 0 Å². The van der Waals surface area contributed by atoms with E-state index in [4.69, 9.17) is 4.74 Å². The van der Waals surface area contributed by atoms with Gasteiger partial charge in [-0.05, 0) is 50.8 Å². The second kappa shape index (κ2) is 8.67. The first-order valence-corrected chi connectivity index (χ1v) is 9.14. The predicted molar refractivity (Wildman–Crippen MR) is 96.0 cm³/mol. The standard InChI is InChI=1S/C19H31N3O/c1-23-13-12-22-18-8-9-19(22)15-17(14-18)21-11-5-10-20-16-6-3-2-4-7-16/h2-4,6-7,17-21H,5,8-15H2,1H3. The van der Waals surface area contributed by atoms with Crippen molar-refractivity contribution in [2.45, 2.75) is 50.2 Å². The Morgan fingerprint density at radius 3 is 2.52 bits per heavy atom. The van der Waals surface area contributed by atoms with E-state index in [9.17, 15) is 0 Å². The van der Waals surface area contributed by atoms with Crippen molar-refractivity contribution < 1.29 is 4.74 Å². The van der Waals surface area contributed by atoms with E-state index in [1.54, 1.807) is 7.11 Å². The van der Waals surface area contributed by atoms with Gasteiger partial charge in [0.1, 0.15) is 0 Å². The molecule has 2 atom stereocenters. The molecule has 2 aliphatic heterocycles. The summed E-state index contributed by atoms with van der Waals surface area (Å²) in [5.74, 6) is 0. The zero-order valence-corrected chi connectivity index (χ0v) is 14.3. The second-order valence-corrected chi connectivity index (χ2v) is 6.88. The summed E-state index contributed by atoms with van der Waals surface area (Å²) in [7, 11) is 1.81. The molecule has 4 heteroatoms. The molecule has 2 unspecified atom stereocenters. The predicted octanol–water partition coefficient (Wildman–Crippen LogP) is 2.72. The van der Waals surface area contributed by atoms with Crippen molar-refractivity contribution in [3.8, 4) is 0 Å². The average molecular weight is 317 g/mol. The Morgan fingerprint density at radius 2 is 1.83 bits per heavy atom. The van der Waals surface area contributed by atoms with Gasteiger partial charge in [-0.25, -0.2) is 0 Å². The molecule has 2 aliphatic rings. The van der Waals surface area contributed by atoms with Gasteiger partial charge in [-0.2, -0.15) is 0 Å². The first kappa shape index (κ1) is 16.7. The molecule has 0 radical (unpaired) electrons. The van der Waals surface area contributed by atoms with Gasteiger partial charge in [0.05, 0.1) is 6.61 Å². The van der Waals surface area contributed by atoms with Crippen molar-refractivity contribution in [2.75, 3.05) is 38.7 Å². The van der Waals surface area contributed by atoms with Crippen molar-refractivity contribution >= 4 is 5.69 Å². The molecule has 0 aliphatic carbocycles.